The third-order valence-electron chi connectivity index (χ3n) is 2.37. The number of nitrogens with zero attached hydrogens (tertiary/aromatic N) is 1. The van der Waals surface area contributed by atoms with Crippen LogP contribution >= 0.6 is 27.7 Å². The number of aromatic carboxylic acids is 1. The minimum Gasteiger partial charge on any atom is -0.478 e. The molecule has 0 amide bonds. The summed E-state index contributed by atoms with van der Waals surface area (Å²) >= 11 is 4.77. The molecule has 1 heterocycles. The molecule has 0 aliphatic heterocycles. The molecule has 2 rings (SSSR count). The van der Waals surface area contributed by atoms with Gasteiger partial charge in [0.15, 0.2) is 0 Å². The summed E-state index contributed by atoms with van der Waals surface area (Å²) in [6.45, 7) is 0. The van der Waals surface area contributed by atoms with Crippen molar-refractivity contribution in [1.29, 1.82) is 0 Å². The fourth-order valence-electron chi connectivity index (χ4n) is 1.40. The Morgan fingerprint density at radius 3 is 2.79 bits per heavy atom. The van der Waals surface area contributed by atoms with E-state index >= 15 is 0 Å². The number of carboxylic acids is 1. The van der Waals surface area contributed by atoms with E-state index in [9.17, 15) is 9.18 Å². The van der Waals surface area contributed by atoms with Crippen molar-refractivity contribution in [2.24, 2.45) is 0 Å². The lowest BCUT2D eigenvalue weighted by Crippen LogP contribution is -1.96. The molecule has 98 valence electrons. The van der Waals surface area contributed by atoms with Crippen LogP contribution in [0.15, 0.2) is 46.0 Å². The first-order valence-corrected chi connectivity index (χ1v) is 7.10. The van der Waals surface area contributed by atoms with Crippen LogP contribution in [0.1, 0.15) is 15.9 Å². The first-order valence-electron chi connectivity index (χ1n) is 5.32. The maximum Gasteiger partial charge on any atom is 0.337 e. The van der Waals surface area contributed by atoms with Crippen molar-refractivity contribution in [2.45, 2.75) is 10.8 Å². The number of thioether (sulfide) groups is 1. The minimum absolute atomic E-state index is 0.149. The zero-order valence-electron chi connectivity index (χ0n) is 9.64. The molecule has 0 aliphatic rings. The largest absolute Gasteiger partial charge is 0.478 e. The molecule has 0 saturated heterocycles. The second-order valence-electron chi connectivity index (χ2n) is 3.71. The number of halogens is 2. The quantitative estimate of drug-likeness (QED) is 0.854. The summed E-state index contributed by atoms with van der Waals surface area (Å²) in [7, 11) is 0. The molecule has 0 spiro atoms. The van der Waals surface area contributed by atoms with Gasteiger partial charge >= 0.3 is 5.97 Å². The molecule has 0 unspecified atom stereocenters. The number of carboxylic acid groups (broad SMARTS) is 1. The van der Waals surface area contributed by atoms with Crippen molar-refractivity contribution in [3.8, 4) is 0 Å². The minimum atomic E-state index is -1.00. The van der Waals surface area contributed by atoms with Crippen molar-refractivity contribution < 1.29 is 14.3 Å². The molecule has 6 heteroatoms. The third kappa shape index (κ3) is 3.78. The molecule has 0 radical (unpaired) electrons. The van der Waals surface area contributed by atoms with Gasteiger partial charge in [-0.15, -0.1) is 11.8 Å². The van der Waals surface area contributed by atoms with E-state index in [1.807, 2.05) is 0 Å². The van der Waals surface area contributed by atoms with Crippen molar-refractivity contribution in [2.75, 3.05) is 0 Å². The number of benzene rings is 1. The molecule has 1 aromatic heterocycles. The fraction of sp³-hybridized carbons (Fsp3) is 0.0769. The third-order valence-corrected chi connectivity index (χ3v) is 4.13. The normalized spacial score (nSPS) is 10.4. The van der Waals surface area contributed by atoms with Crippen LogP contribution in [0.4, 0.5) is 4.39 Å². The molecule has 19 heavy (non-hydrogen) atoms. The molecule has 0 atom stereocenters. The first kappa shape index (κ1) is 14.0. The average Bonchev–Trinajstić information content (AvgIpc) is 2.40. The van der Waals surface area contributed by atoms with Crippen LogP contribution in [0.25, 0.3) is 0 Å². The standard InChI is InChI=1S/C13H9BrFNO2S/c14-11-3-2-10(15)5-9(11)7-19-12-4-1-8(6-16-12)13(17)18/h1-6H,7H2,(H,17,18). The molecular weight excluding hydrogens is 333 g/mol. The Morgan fingerprint density at radius 1 is 1.37 bits per heavy atom. The number of rotatable bonds is 4. The topological polar surface area (TPSA) is 50.2 Å². The Labute approximate surface area is 122 Å². The van der Waals surface area contributed by atoms with Crippen LogP contribution in [-0.4, -0.2) is 16.1 Å². The number of hydrogen-bond donors (Lipinski definition) is 1. The second kappa shape index (κ2) is 6.16. The van der Waals surface area contributed by atoms with Gasteiger partial charge in [0.1, 0.15) is 5.82 Å². The molecule has 1 N–H and O–H groups in total. The van der Waals surface area contributed by atoms with E-state index in [1.165, 1.54) is 36.2 Å². The predicted octanol–water partition coefficient (Wildman–Crippen LogP) is 3.97. The molecule has 2 aromatic rings. The summed E-state index contributed by atoms with van der Waals surface area (Å²) in [5.74, 6) is -0.734. The highest BCUT2D eigenvalue weighted by Crippen LogP contribution is 2.26. The Bertz CT molecular complexity index is 604. The SMILES string of the molecule is O=C(O)c1ccc(SCc2cc(F)ccc2Br)nc1. The summed E-state index contributed by atoms with van der Waals surface area (Å²) < 4.78 is 13.9. The van der Waals surface area contributed by atoms with Crippen LogP contribution in [0, 0.1) is 5.82 Å². The molecule has 0 aliphatic carbocycles. The molecular formula is C13H9BrFNO2S. The highest BCUT2D eigenvalue weighted by Gasteiger charge is 2.06. The van der Waals surface area contributed by atoms with Gasteiger partial charge in [0, 0.05) is 16.4 Å². The van der Waals surface area contributed by atoms with Crippen LogP contribution in [0.2, 0.25) is 0 Å². The maximum atomic E-state index is 13.1. The monoisotopic (exact) mass is 341 g/mol. The van der Waals surface area contributed by atoms with E-state index < -0.39 is 5.97 Å². The Balaban J connectivity index is 2.06. The van der Waals surface area contributed by atoms with Crippen molar-refractivity contribution >= 4 is 33.7 Å². The predicted molar refractivity (Wildman–Crippen MR) is 74.9 cm³/mol. The Morgan fingerprint density at radius 2 is 2.16 bits per heavy atom. The van der Waals surface area contributed by atoms with E-state index in [-0.39, 0.29) is 11.4 Å². The fourth-order valence-corrected chi connectivity index (χ4v) is 2.80. The number of hydrogen-bond acceptors (Lipinski definition) is 3. The molecule has 0 fully saturated rings. The number of pyridine rings is 1. The lowest BCUT2D eigenvalue weighted by Gasteiger charge is -2.04. The number of carbonyl (C=O) groups is 1. The lowest BCUT2D eigenvalue weighted by molar-refractivity contribution is 0.0696. The van der Waals surface area contributed by atoms with E-state index in [0.29, 0.717) is 10.8 Å². The van der Waals surface area contributed by atoms with Gasteiger partial charge < -0.3 is 5.11 Å². The first-order chi connectivity index (χ1) is 9.06. The van der Waals surface area contributed by atoms with E-state index in [4.69, 9.17) is 5.11 Å². The number of aromatic nitrogens is 1. The van der Waals surface area contributed by atoms with Crippen LogP contribution < -0.4 is 0 Å². The van der Waals surface area contributed by atoms with Crippen molar-refractivity contribution in [3.05, 3.63) is 57.9 Å². The van der Waals surface area contributed by atoms with Gasteiger partial charge in [-0.05, 0) is 35.9 Å². The smallest absolute Gasteiger partial charge is 0.337 e. The van der Waals surface area contributed by atoms with E-state index in [1.54, 1.807) is 12.1 Å². The Hall–Kier alpha value is -1.40. The summed E-state index contributed by atoms with van der Waals surface area (Å²) in [5, 5.41) is 9.45. The van der Waals surface area contributed by atoms with Crippen LogP contribution in [-0.2, 0) is 5.75 Å². The van der Waals surface area contributed by atoms with Gasteiger partial charge in [0.05, 0.1) is 10.6 Å². The van der Waals surface area contributed by atoms with Crippen molar-refractivity contribution in [1.82, 2.24) is 4.98 Å². The molecule has 1 aromatic carbocycles. The zero-order valence-corrected chi connectivity index (χ0v) is 12.0. The van der Waals surface area contributed by atoms with Crippen LogP contribution in [0.3, 0.4) is 0 Å². The van der Waals surface area contributed by atoms with Gasteiger partial charge in [-0.1, -0.05) is 15.9 Å². The average molecular weight is 342 g/mol. The molecule has 3 nitrogen and oxygen atoms in total. The molecule has 0 bridgehead atoms. The summed E-state index contributed by atoms with van der Waals surface area (Å²) in [6.07, 6.45) is 1.31. The second-order valence-corrected chi connectivity index (χ2v) is 5.56. The highest BCUT2D eigenvalue weighted by atomic mass is 79.9. The Kier molecular flexibility index (Phi) is 4.55. The van der Waals surface area contributed by atoms with Gasteiger partial charge in [0.25, 0.3) is 0 Å². The zero-order chi connectivity index (χ0) is 13.8. The van der Waals surface area contributed by atoms with Gasteiger partial charge in [-0.25, -0.2) is 14.2 Å². The maximum absolute atomic E-state index is 13.1. The summed E-state index contributed by atoms with van der Waals surface area (Å²) in [5.41, 5.74) is 0.977. The van der Waals surface area contributed by atoms with Gasteiger partial charge in [-0.2, -0.15) is 0 Å². The highest BCUT2D eigenvalue weighted by molar-refractivity contribution is 9.10. The van der Waals surface area contributed by atoms with Crippen LogP contribution in [0.5, 0.6) is 0 Å². The van der Waals surface area contributed by atoms with Gasteiger partial charge in [0.2, 0.25) is 0 Å². The van der Waals surface area contributed by atoms with Gasteiger partial charge in [-0.3, -0.25) is 0 Å². The van der Waals surface area contributed by atoms with E-state index in [0.717, 1.165) is 10.0 Å². The van der Waals surface area contributed by atoms with E-state index in [2.05, 4.69) is 20.9 Å². The lowest BCUT2D eigenvalue weighted by atomic mass is 10.2. The summed E-state index contributed by atoms with van der Waals surface area (Å²) in [6, 6.07) is 7.65. The summed E-state index contributed by atoms with van der Waals surface area (Å²) in [4.78, 5) is 14.7. The van der Waals surface area contributed by atoms with Crippen molar-refractivity contribution in [3.63, 3.8) is 0 Å². The molecule has 0 saturated carbocycles.